The minimum Gasteiger partial charge on any atom is -0.450 e. The molecule has 0 aliphatic heterocycles. The first-order chi connectivity index (χ1) is 5.65. The second kappa shape index (κ2) is 12.7. The molecule has 0 amide bonds. The summed E-state index contributed by atoms with van der Waals surface area (Å²) in [7, 11) is 0. The second-order valence-corrected chi connectivity index (χ2v) is 2.42. The van der Waals surface area contributed by atoms with Gasteiger partial charge in [-0.25, -0.2) is 4.79 Å². The number of unbranched alkanes of at least 4 members (excludes halogenated alkanes) is 4. The van der Waals surface area contributed by atoms with Crippen LogP contribution in [-0.2, 0) is 0 Å². The van der Waals surface area contributed by atoms with Crippen molar-refractivity contribution >= 4 is 6.16 Å². The Kier molecular flexibility index (Phi) is 14.3. The third-order valence-electron chi connectivity index (χ3n) is 1.26. The van der Waals surface area contributed by atoms with Gasteiger partial charge in [-0.15, -0.1) is 6.58 Å². The van der Waals surface area contributed by atoms with Crippen LogP contribution in [0.1, 0.15) is 39.0 Å². The van der Waals surface area contributed by atoms with Gasteiger partial charge < -0.3 is 10.2 Å². The van der Waals surface area contributed by atoms with E-state index in [1.807, 2.05) is 6.08 Å². The molecule has 0 saturated heterocycles. The molecule has 0 aliphatic carbocycles. The van der Waals surface area contributed by atoms with Crippen LogP contribution in [0, 0.1) is 0 Å². The fourth-order valence-electron chi connectivity index (χ4n) is 0.715. The summed E-state index contributed by atoms with van der Waals surface area (Å²) in [5, 5.41) is 13.9. The molecular weight excluding hydrogens is 156 g/mol. The maximum Gasteiger partial charge on any atom is 0.503 e. The molecule has 72 valence electrons. The van der Waals surface area contributed by atoms with Crippen molar-refractivity contribution in [3.63, 3.8) is 0 Å². The van der Waals surface area contributed by atoms with Gasteiger partial charge >= 0.3 is 6.16 Å². The molecule has 0 saturated carbocycles. The molecule has 0 aromatic carbocycles. The summed E-state index contributed by atoms with van der Waals surface area (Å²) in [6.07, 6.45) is 6.78. The Morgan fingerprint density at radius 2 is 1.83 bits per heavy atom. The molecule has 2 N–H and O–H groups in total. The van der Waals surface area contributed by atoms with Gasteiger partial charge in [0.2, 0.25) is 0 Å². The molecule has 0 aliphatic rings. The molecule has 0 fully saturated rings. The number of rotatable bonds is 5. The molecule has 0 rings (SSSR count). The van der Waals surface area contributed by atoms with Crippen LogP contribution in [0.15, 0.2) is 12.7 Å². The van der Waals surface area contributed by atoms with E-state index in [9.17, 15) is 0 Å². The Labute approximate surface area is 73.7 Å². The Morgan fingerprint density at radius 3 is 2.17 bits per heavy atom. The molecule has 0 aromatic rings. The van der Waals surface area contributed by atoms with Crippen molar-refractivity contribution in [1.82, 2.24) is 0 Å². The van der Waals surface area contributed by atoms with E-state index in [1.165, 1.54) is 32.1 Å². The topological polar surface area (TPSA) is 57.5 Å². The quantitative estimate of drug-likeness (QED) is 0.496. The van der Waals surface area contributed by atoms with Crippen molar-refractivity contribution in [1.29, 1.82) is 0 Å². The molecule has 3 nitrogen and oxygen atoms in total. The Balaban J connectivity index is 0. The third kappa shape index (κ3) is 36.0. The first-order valence-corrected chi connectivity index (χ1v) is 4.17. The first-order valence-electron chi connectivity index (χ1n) is 4.17. The molecule has 0 heterocycles. The smallest absolute Gasteiger partial charge is 0.450 e. The van der Waals surface area contributed by atoms with Crippen LogP contribution in [0.5, 0.6) is 0 Å². The first kappa shape index (κ1) is 13.6. The minimum atomic E-state index is -1.83. The normalized spacial score (nSPS) is 8.08. The molecule has 3 heteroatoms. The van der Waals surface area contributed by atoms with Gasteiger partial charge in [-0.3, -0.25) is 0 Å². The van der Waals surface area contributed by atoms with Crippen molar-refractivity contribution in [2.24, 2.45) is 0 Å². The predicted molar refractivity (Wildman–Crippen MR) is 49.6 cm³/mol. The number of hydrogen-bond donors (Lipinski definition) is 2. The van der Waals surface area contributed by atoms with Crippen molar-refractivity contribution in [3.05, 3.63) is 12.7 Å². The number of carboxylic acid groups (broad SMARTS) is 2. The van der Waals surface area contributed by atoms with E-state index in [-0.39, 0.29) is 0 Å². The summed E-state index contributed by atoms with van der Waals surface area (Å²) in [4.78, 5) is 8.56. The van der Waals surface area contributed by atoms with Gasteiger partial charge in [-0.1, -0.05) is 32.3 Å². The van der Waals surface area contributed by atoms with Gasteiger partial charge in [0.1, 0.15) is 0 Å². The molecule has 0 spiro atoms. The lowest BCUT2D eigenvalue weighted by molar-refractivity contribution is 0.137. The molecule has 0 bridgehead atoms. The zero-order chi connectivity index (χ0) is 9.82. The third-order valence-corrected chi connectivity index (χ3v) is 1.26. The summed E-state index contributed by atoms with van der Waals surface area (Å²) >= 11 is 0. The van der Waals surface area contributed by atoms with E-state index in [1.54, 1.807) is 0 Å². The number of carbonyl (C=O) groups is 1. The lowest BCUT2D eigenvalue weighted by atomic mass is 10.2. The molecule has 0 aromatic heterocycles. The van der Waals surface area contributed by atoms with Crippen LogP contribution >= 0.6 is 0 Å². The summed E-state index contributed by atoms with van der Waals surface area (Å²) in [5.74, 6) is 0. The fraction of sp³-hybridized carbons (Fsp3) is 0.667. The lowest BCUT2D eigenvalue weighted by Crippen LogP contribution is -1.81. The summed E-state index contributed by atoms with van der Waals surface area (Å²) in [6, 6.07) is 0. The van der Waals surface area contributed by atoms with Crippen LogP contribution in [0.2, 0.25) is 0 Å². The van der Waals surface area contributed by atoms with Crippen molar-refractivity contribution in [2.75, 3.05) is 0 Å². The zero-order valence-electron chi connectivity index (χ0n) is 7.62. The second-order valence-electron chi connectivity index (χ2n) is 2.42. The zero-order valence-corrected chi connectivity index (χ0v) is 7.62. The molecular formula is C9H18O3. The summed E-state index contributed by atoms with van der Waals surface area (Å²) in [5.41, 5.74) is 0. The van der Waals surface area contributed by atoms with E-state index in [4.69, 9.17) is 15.0 Å². The highest BCUT2D eigenvalue weighted by molar-refractivity contribution is 5.53. The van der Waals surface area contributed by atoms with Gasteiger partial charge in [0.15, 0.2) is 0 Å². The van der Waals surface area contributed by atoms with Gasteiger partial charge in [0, 0.05) is 0 Å². The minimum absolute atomic E-state index is 1.19. The Bertz CT molecular complexity index is 106. The van der Waals surface area contributed by atoms with Crippen LogP contribution in [0.3, 0.4) is 0 Å². The fourth-order valence-corrected chi connectivity index (χ4v) is 0.715. The van der Waals surface area contributed by atoms with E-state index >= 15 is 0 Å². The number of allylic oxidation sites excluding steroid dienone is 1. The lowest BCUT2D eigenvalue weighted by Gasteiger charge is -1.91. The standard InChI is InChI=1S/C8H16.CH2O3/c1-3-5-7-8-6-4-2;2-1(3)4/h3H,1,4-8H2,2H3;(H2,2,3,4). The van der Waals surface area contributed by atoms with Gasteiger partial charge in [-0.05, 0) is 12.8 Å². The highest BCUT2D eigenvalue weighted by Crippen LogP contribution is 2.01. The Morgan fingerprint density at radius 1 is 1.33 bits per heavy atom. The van der Waals surface area contributed by atoms with E-state index in [2.05, 4.69) is 13.5 Å². The van der Waals surface area contributed by atoms with Crippen molar-refractivity contribution in [3.8, 4) is 0 Å². The average molecular weight is 174 g/mol. The van der Waals surface area contributed by atoms with Gasteiger partial charge in [0.05, 0.1) is 0 Å². The van der Waals surface area contributed by atoms with Crippen LogP contribution in [-0.4, -0.2) is 16.4 Å². The molecule has 0 atom stereocenters. The van der Waals surface area contributed by atoms with Gasteiger partial charge in [0.25, 0.3) is 0 Å². The van der Waals surface area contributed by atoms with Crippen LogP contribution < -0.4 is 0 Å². The van der Waals surface area contributed by atoms with E-state index in [0.29, 0.717) is 0 Å². The largest absolute Gasteiger partial charge is 0.503 e. The van der Waals surface area contributed by atoms with Crippen LogP contribution in [0.25, 0.3) is 0 Å². The molecule has 0 radical (unpaired) electrons. The van der Waals surface area contributed by atoms with E-state index in [0.717, 1.165) is 0 Å². The predicted octanol–water partition coefficient (Wildman–Crippen LogP) is 3.37. The van der Waals surface area contributed by atoms with E-state index < -0.39 is 6.16 Å². The maximum atomic E-state index is 8.56. The highest BCUT2D eigenvalue weighted by atomic mass is 16.6. The Hall–Kier alpha value is -0.990. The molecule has 0 unspecified atom stereocenters. The van der Waals surface area contributed by atoms with Crippen LogP contribution in [0.4, 0.5) is 4.79 Å². The van der Waals surface area contributed by atoms with Crippen molar-refractivity contribution in [2.45, 2.75) is 39.0 Å². The van der Waals surface area contributed by atoms with Gasteiger partial charge in [-0.2, -0.15) is 0 Å². The number of hydrogen-bond acceptors (Lipinski definition) is 1. The summed E-state index contributed by atoms with van der Waals surface area (Å²) < 4.78 is 0. The highest BCUT2D eigenvalue weighted by Gasteiger charge is 1.81. The average Bonchev–Trinajstić information content (AvgIpc) is 1.97. The summed E-state index contributed by atoms with van der Waals surface area (Å²) in [6.45, 7) is 5.89. The van der Waals surface area contributed by atoms with Crippen molar-refractivity contribution < 1.29 is 15.0 Å². The molecule has 12 heavy (non-hydrogen) atoms. The monoisotopic (exact) mass is 174 g/mol. The maximum absolute atomic E-state index is 8.56. The SMILES string of the molecule is C=CCCCCCC.O=C(O)O.